The lowest BCUT2D eigenvalue weighted by Crippen LogP contribution is -2.42. The highest BCUT2D eigenvalue weighted by molar-refractivity contribution is 5.18. The summed E-state index contributed by atoms with van der Waals surface area (Å²) in [6.07, 6.45) is 1.03. The smallest absolute Gasteiger partial charge is 0.127 e. The van der Waals surface area contributed by atoms with Crippen LogP contribution in [0.4, 0.5) is 8.78 Å². The van der Waals surface area contributed by atoms with Crippen LogP contribution in [0.2, 0.25) is 0 Å². The highest BCUT2D eigenvalue weighted by atomic mass is 19.1. The fraction of sp³-hybridized carbons (Fsp3) is 0.600. The van der Waals surface area contributed by atoms with Gasteiger partial charge >= 0.3 is 0 Å². The molecule has 106 valence electrons. The number of nitrogens with zero attached hydrogens (tertiary/aromatic N) is 1. The van der Waals surface area contributed by atoms with Gasteiger partial charge in [-0.1, -0.05) is 6.92 Å². The molecular formula is C15H22F2N2. The molecule has 1 aliphatic rings. The summed E-state index contributed by atoms with van der Waals surface area (Å²) in [6, 6.07) is 4.16. The second-order valence-corrected chi connectivity index (χ2v) is 5.67. The maximum Gasteiger partial charge on any atom is 0.127 e. The third-order valence-corrected chi connectivity index (χ3v) is 3.66. The Morgan fingerprint density at radius 3 is 2.89 bits per heavy atom. The van der Waals surface area contributed by atoms with Crippen LogP contribution in [0.5, 0.6) is 0 Å². The van der Waals surface area contributed by atoms with Crippen LogP contribution in [-0.4, -0.2) is 30.6 Å². The van der Waals surface area contributed by atoms with Crippen LogP contribution in [0.15, 0.2) is 18.2 Å². The van der Waals surface area contributed by atoms with Gasteiger partial charge in [0.1, 0.15) is 11.6 Å². The SMILES string of the molecule is CC1CNC(C)CCN(Cc2cc(F)ccc2F)C1. The molecule has 1 N–H and O–H groups in total. The minimum Gasteiger partial charge on any atom is -0.314 e. The first kappa shape index (κ1) is 14.4. The maximum absolute atomic E-state index is 13.7. The van der Waals surface area contributed by atoms with E-state index in [0.29, 0.717) is 24.1 Å². The molecule has 2 rings (SSSR count). The molecule has 2 atom stereocenters. The monoisotopic (exact) mass is 268 g/mol. The van der Waals surface area contributed by atoms with Crippen LogP contribution < -0.4 is 5.32 Å². The number of halogens is 2. The molecule has 0 amide bonds. The van der Waals surface area contributed by atoms with Crippen molar-refractivity contribution in [1.82, 2.24) is 10.2 Å². The van der Waals surface area contributed by atoms with Gasteiger partial charge in [-0.15, -0.1) is 0 Å². The molecule has 4 heteroatoms. The Balaban J connectivity index is 2.05. The lowest BCUT2D eigenvalue weighted by Gasteiger charge is -2.31. The average molecular weight is 268 g/mol. The van der Waals surface area contributed by atoms with Crippen molar-refractivity contribution >= 4 is 0 Å². The highest BCUT2D eigenvalue weighted by Gasteiger charge is 2.17. The zero-order chi connectivity index (χ0) is 13.8. The molecule has 2 unspecified atom stereocenters. The maximum atomic E-state index is 13.7. The number of nitrogens with one attached hydrogen (secondary N) is 1. The summed E-state index contributed by atoms with van der Waals surface area (Å²) in [7, 11) is 0. The summed E-state index contributed by atoms with van der Waals surface area (Å²) in [4.78, 5) is 2.22. The van der Waals surface area contributed by atoms with Crippen molar-refractivity contribution in [1.29, 1.82) is 0 Å². The van der Waals surface area contributed by atoms with Gasteiger partial charge in [-0.3, -0.25) is 4.90 Å². The summed E-state index contributed by atoms with van der Waals surface area (Å²) >= 11 is 0. The fourth-order valence-electron chi connectivity index (χ4n) is 2.53. The Hall–Kier alpha value is -1.00. The zero-order valence-corrected chi connectivity index (χ0v) is 11.6. The lowest BCUT2D eigenvalue weighted by molar-refractivity contribution is 0.192. The molecule has 2 nitrogen and oxygen atoms in total. The van der Waals surface area contributed by atoms with Gasteiger partial charge in [0.2, 0.25) is 0 Å². The second kappa shape index (κ2) is 6.44. The predicted octanol–water partition coefficient (Wildman–Crippen LogP) is 2.78. The van der Waals surface area contributed by atoms with E-state index in [2.05, 4.69) is 24.1 Å². The predicted molar refractivity (Wildman–Crippen MR) is 72.9 cm³/mol. The number of hydrogen-bond acceptors (Lipinski definition) is 2. The van der Waals surface area contributed by atoms with E-state index in [-0.39, 0.29) is 11.6 Å². The molecule has 0 saturated carbocycles. The average Bonchev–Trinajstić information content (AvgIpc) is 2.36. The minimum atomic E-state index is -0.369. The van der Waals surface area contributed by atoms with Crippen molar-refractivity contribution in [3.05, 3.63) is 35.4 Å². The standard InChI is InChI=1S/C15H22F2N2/c1-11-8-18-12(2)5-6-19(9-11)10-13-7-14(16)3-4-15(13)17/h3-4,7,11-12,18H,5-6,8-10H2,1-2H3. The quantitative estimate of drug-likeness (QED) is 0.887. The summed E-state index contributed by atoms with van der Waals surface area (Å²) in [5.74, 6) is -0.173. The van der Waals surface area contributed by atoms with E-state index in [4.69, 9.17) is 0 Å². The van der Waals surface area contributed by atoms with Gasteiger partial charge in [-0.25, -0.2) is 8.78 Å². The molecule has 1 heterocycles. The van der Waals surface area contributed by atoms with E-state index < -0.39 is 0 Å². The topological polar surface area (TPSA) is 15.3 Å². The first-order valence-corrected chi connectivity index (χ1v) is 6.94. The third kappa shape index (κ3) is 4.25. The van der Waals surface area contributed by atoms with Gasteiger partial charge in [0.25, 0.3) is 0 Å². The summed E-state index contributed by atoms with van der Waals surface area (Å²) < 4.78 is 26.9. The number of benzene rings is 1. The Morgan fingerprint density at radius 1 is 1.32 bits per heavy atom. The van der Waals surface area contributed by atoms with Crippen LogP contribution in [0.1, 0.15) is 25.8 Å². The van der Waals surface area contributed by atoms with Gasteiger partial charge in [0.05, 0.1) is 0 Å². The van der Waals surface area contributed by atoms with Gasteiger partial charge in [0.15, 0.2) is 0 Å². The first-order valence-electron chi connectivity index (χ1n) is 6.94. The van der Waals surface area contributed by atoms with Gasteiger partial charge in [-0.2, -0.15) is 0 Å². The number of hydrogen-bond donors (Lipinski definition) is 1. The third-order valence-electron chi connectivity index (χ3n) is 3.66. The lowest BCUT2D eigenvalue weighted by atomic mass is 10.1. The number of rotatable bonds is 2. The molecular weight excluding hydrogens is 246 g/mol. The van der Waals surface area contributed by atoms with Crippen molar-refractivity contribution in [2.75, 3.05) is 19.6 Å². The molecule has 1 saturated heterocycles. The van der Waals surface area contributed by atoms with Crippen LogP contribution in [0.25, 0.3) is 0 Å². The zero-order valence-electron chi connectivity index (χ0n) is 11.6. The molecule has 1 fully saturated rings. The van der Waals surface area contributed by atoms with Crippen molar-refractivity contribution < 1.29 is 8.78 Å². The van der Waals surface area contributed by atoms with Crippen molar-refractivity contribution in [3.63, 3.8) is 0 Å². The van der Waals surface area contributed by atoms with Crippen LogP contribution in [0.3, 0.4) is 0 Å². The van der Waals surface area contributed by atoms with Crippen molar-refractivity contribution in [3.8, 4) is 0 Å². The van der Waals surface area contributed by atoms with Crippen molar-refractivity contribution in [2.45, 2.75) is 32.9 Å². The van der Waals surface area contributed by atoms with E-state index in [1.807, 2.05) is 0 Å². The molecule has 1 aromatic carbocycles. The van der Waals surface area contributed by atoms with Gasteiger partial charge < -0.3 is 5.32 Å². The van der Waals surface area contributed by atoms with Crippen LogP contribution in [0, 0.1) is 17.6 Å². The van der Waals surface area contributed by atoms with E-state index in [0.717, 1.165) is 26.1 Å². The van der Waals surface area contributed by atoms with Gasteiger partial charge in [-0.05, 0) is 50.6 Å². The Labute approximate surface area is 113 Å². The van der Waals surface area contributed by atoms with Gasteiger partial charge in [0, 0.05) is 24.7 Å². The Morgan fingerprint density at radius 2 is 2.11 bits per heavy atom. The van der Waals surface area contributed by atoms with E-state index >= 15 is 0 Å². The fourth-order valence-corrected chi connectivity index (χ4v) is 2.53. The molecule has 0 spiro atoms. The summed E-state index contributed by atoms with van der Waals surface area (Å²) in [5.41, 5.74) is 0.452. The van der Waals surface area contributed by atoms with E-state index in [1.165, 1.54) is 18.2 Å². The molecule has 0 aromatic heterocycles. The van der Waals surface area contributed by atoms with Crippen LogP contribution in [-0.2, 0) is 6.54 Å². The molecule has 0 aliphatic carbocycles. The molecule has 19 heavy (non-hydrogen) atoms. The Bertz CT molecular complexity index is 423. The molecule has 1 aromatic rings. The summed E-state index contributed by atoms with van der Waals surface area (Å²) in [5, 5.41) is 3.48. The van der Waals surface area contributed by atoms with Crippen LogP contribution >= 0.6 is 0 Å². The second-order valence-electron chi connectivity index (χ2n) is 5.67. The molecule has 0 bridgehead atoms. The molecule has 1 aliphatic heterocycles. The van der Waals surface area contributed by atoms with E-state index in [1.54, 1.807) is 0 Å². The Kier molecular flexibility index (Phi) is 4.88. The highest BCUT2D eigenvalue weighted by Crippen LogP contribution is 2.15. The van der Waals surface area contributed by atoms with Crippen molar-refractivity contribution in [2.24, 2.45) is 5.92 Å². The normalized spacial score (nSPS) is 25.9. The summed E-state index contributed by atoms with van der Waals surface area (Å²) in [6.45, 7) is 7.63. The minimum absolute atomic E-state index is 0.317. The largest absolute Gasteiger partial charge is 0.314 e. The molecule has 0 radical (unpaired) electrons. The first-order chi connectivity index (χ1) is 9.04. The van der Waals surface area contributed by atoms with E-state index in [9.17, 15) is 8.78 Å².